The molecule has 2 aromatic carbocycles. The molecular formula is C22H26N2O5. The lowest BCUT2D eigenvalue weighted by atomic mass is 10.1. The Bertz CT molecular complexity index is 904. The largest absolute Gasteiger partial charge is 0.486 e. The Labute approximate surface area is 170 Å². The minimum atomic E-state index is -0.599. The Morgan fingerprint density at radius 2 is 1.76 bits per heavy atom. The summed E-state index contributed by atoms with van der Waals surface area (Å²) in [6, 6.07) is 12.1. The van der Waals surface area contributed by atoms with Crippen LogP contribution in [0.3, 0.4) is 0 Å². The van der Waals surface area contributed by atoms with Crippen LogP contribution in [0.2, 0.25) is 0 Å². The molecule has 0 aromatic heterocycles. The van der Waals surface area contributed by atoms with Crippen molar-refractivity contribution in [3.63, 3.8) is 0 Å². The fourth-order valence-electron chi connectivity index (χ4n) is 2.85. The maximum Gasteiger partial charge on any atom is 0.412 e. The summed E-state index contributed by atoms with van der Waals surface area (Å²) in [6.07, 6.45) is -0.570. The molecule has 2 aromatic rings. The molecule has 3 rings (SSSR count). The Balaban J connectivity index is 1.65. The van der Waals surface area contributed by atoms with Gasteiger partial charge < -0.3 is 19.5 Å². The van der Waals surface area contributed by atoms with E-state index in [1.165, 1.54) is 0 Å². The first-order chi connectivity index (χ1) is 13.7. The molecule has 0 radical (unpaired) electrons. The van der Waals surface area contributed by atoms with Crippen molar-refractivity contribution in [2.45, 2.75) is 39.3 Å². The summed E-state index contributed by atoms with van der Waals surface area (Å²) in [5.74, 6) is 1.14. The van der Waals surface area contributed by atoms with E-state index < -0.39 is 11.7 Å². The zero-order valence-electron chi connectivity index (χ0n) is 17.1. The van der Waals surface area contributed by atoms with Crippen LogP contribution in [0.1, 0.15) is 49.7 Å². The quantitative estimate of drug-likeness (QED) is 0.802. The second kappa shape index (κ2) is 8.43. The number of fused-ring (bicyclic) bond motifs is 1. The van der Waals surface area contributed by atoms with Crippen LogP contribution in [0.15, 0.2) is 42.5 Å². The average molecular weight is 398 g/mol. The van der Waals surface area contributed by atoms with Crippen molar-refractivity contribution in [2.75, 3.05) is 18.5 Å². The predicted molar refractivity (Wildman–Crippen MR) is 110 cm³/mol. The summed E-state index contributed by atoms with van der Waals surface area (Å²) >= 11 is 0. The summed E-state index contributed by atoms with van der Waals surface area (Å²) in [5.41, 5.74) is 1.23. The Morgan fingerprint density at radius 3 is 2.48 bits per heavy atom. The van der Waals surface area contributed by atoms with E-state index in [1.807, 2.05) is 25.1 Å². The number of rotatable bonds is 4. The summed E-state index contributed by atoms with van der Waals surface area (Å²) in [6.45, 7) is 8.30. The fraction of sp³-hybridized carbons (Fsp3) is 0.364. The van der Waals surface area contributed by atoms with E-state index in [1.54, 1.807) is 45.0 Å². The van der Waals surface area contributed by atoms with Crippen LogP contribution in [-0.2, 0) is 4.74 Å². The maximum absolute atomic E-state index is 12.7. The minimum absolute atomic E-state index is 0.235. The Hall–Kier alpha value is -3.22. The van der Waals surface area contributed by atoms with Gasteiger partial charge in [0.15, 0.2) is 11.5 Å². The first-order valence-corrected chi connectivity index (χ1v) is 9.52. The van der Waals surface area contributed by atoms with E-state index >= 15 is 0 Å². The van der Waals surface area contributed by atoms with Crippen LogP contribution in [0, 0.1) is 0 Å². The van der Waals surface area contributed by atoms with Gasteiger partial charge in [0.05, 0.1) is 6.04 Å². The zero-order valence-corrected chi connectivity index (χ0v) is 17.1. The standard InChI is InChI=1S/C22H26N2O5/c1-14(15-8-9-18-19(13-15)28-11-10-27-18)23-20(25)16-6-5-7-17(12-16)24-21(26)29-22(2,3)4/h5-9,12-14H,10-11H2,1-4H3,(H,23,25)(H,24,26)/t14-/m1/s1. The molecule has 0 fully saturated rings. The summed E-state index contributed by atoms with van der Waals surface area (Å²) in [7, 11) is 0. The maximum atomic E-state index is 12.7. The molecule has 1 heterocycles. The van der Waals surface area contributed by atoms with Crippen LogP contribution in [0.25, 0.3) is 0 Å². The first kappa shape index (κ1) is 20.5. The third-order valence-corrected chi connectivity index (χ3v) is 4.18. The number of nitrogens with one attached hydrogen (secondary N) is 2. The molecule has 0 aliphatic carbocycles. The molecule has 0 saturated carbocycles. The van der Waals surface area contributed by atoms with Crippen LogP contribution in [0.5, 0.6) is 11.5 Å². The van der Waals surface area contributed by atoms with Gasteiger partial charge in [-0.1, -0.05) is 12.1 Å². The van der Waals surface area contributed by atoms with E-state index in [0.29, 0.717) is 36.0 Å². The van der Waals surface area contributed by atoms with Crippen molar-refractivity contribution < 1.29 is 23.8 Å². The predicted octanol–water partition coefficient (Wildman–Crippen LogP) is 4.30. The van der Waals surface area contributed by atoms with Gasteiger partial charge in [0, 0.05) is 11.3 Å². The van der Waals surface area contributed by atoms with Gasteiger partial charge in [-0.05, 0) is 63.6 Å². The number of amides is 2. The third-order valence-electron chi connectivity index (χ3n) is 4.18. The second-order valence-corrected chi connectivity index (χ2v) is 7.81. The molecule has 1 atom stereocenters. The van der Waals surface area contributed by atoms with Crippen molar-refractivity contribution in [3.05, 3.63) is 53.6 Å². The molecule has 0 saturated heterocycles. The lowest BCUT2D eigenvalue weighted by molar-refractivity contribution is 0.0635. The lowest BCUT2D eigenvalue weighted by Crippen LogP contribution is -2.28. The van der Waals surface area contributed by atoms with E-state index in [2.05, 4.69) is 10.6 Å². The average Bonchev–Trinajstić information content (AvgIpc) is 2.66. The van der Waals surface area contributed by atoms with Crippen LogP contribution in [0.4, 0.5) is 10.5 Å². The van der Waals surface area contributed by atoms with Crippen molar-refractivity contribution in [2.24, 2.45) is 0 Å². The molecule has 2 amide bonds. The minimum Gasteiger partial charge on any atom is -0.486 e. The highest BCUT2D eigenvalue weighted by molar-refractivity contribution is 5.96. The number of benzene rings is 2. The van der Waals surface area contributed by atoms with Crippen LogP contribution in [-0.4, -0.2) is 30.8 Å². The smallest absolute Gasteiger partial charge is 0.412 e. The fourth-order valence-corrected chi connectivity index (χ4v) is 2.85. The van der Waals surface area contributed by atoms with Gasteiger partial charge in [0.25, 0.3) is 5.91 Å². The van der Waals surface area contributed by atoms with Gasteiger partial charge in [0.2, 0.25) is 0 Å². The van der Waals surface area contributed by atoms with E-state index in [-0.39, 0.29) is 11.9 Å². The van der Waals surface area contributed by atoms with Crippen LogP contribution >= 0.6 is 0 Å². The molecular weight excluding hydrogens is 372 g/mol. The van der Waals surface area contributed by atoms with Gasteiger partial charge in [0.1, 0.15) is 18.8 Å². The summed E-state index contributed by atoms with van der Waals surface area (Å²) < 4.78 is 16.4. The van der Waals surface area contributed by atoms with Crippen molar-refractivity contribution in [1.82, 2.24) is 5.32 Å². The van der Waals surface area contributed by atoms with E-state index in [0.717, 1.165) is 5.56 Å². The topological polar surface area (TPSA) is 85.9 Å². The molecule has 0 spiro atoms. The Kier molecular flexibility index (Phi) is 5.96. The van der Waals surface area contributed by atoms with Crippen molar-refractivity contribution >= 4 is 17.7 Å². The highest BCUT2D eigenvalue weighted by Crippen LogP contribution is 2.32. The SMILES string of the molecule is C[C@@H](NC(=O)c1cccc(NC(=O)OC(C)(C)C)c1)c1ccc2c(c1)OCCO2. The molecule has 1 aliphatic heterocycles. The number of carbonyl (C=O) groups is 2. The van der Waals surface area contributed by atoms with Crippen molar-refractivity contribution in [3.8, 4) is 11.5 Å². The van der Waals surface area contributed by atoms with E-state index in [9.17, 15) is 9.59 Å². The molecule has 2 N–H and O–H groups in total. The highest BCUT2D eigenvalue weighted by Gasteiger charge is 2.18. The molecule has 154 valence electrons. The third kappa shape index (κ3) is 5.63. The van der Waals surface area contributed by atoms with Crippen molar-refractivity contribution in [1.29, 1.82) is 0 Å². The molecule has 29 heavy (non-hydrogen) atoms. The Morgan fingerprint density at radius 1 is 1.03 bits per heavy atom. The molecule has 0 bridgehead atoms. The zero-order chi connectivity index (χ0) is 21.0. The number of carbonyl (C=O) groups excluding carboxylic acids is 2. The number of hydrogen-bond acceptors (Lipinski definition) is 5. The van der Waals surface area contributed by atoms with Gasteiger partial charge in [-0.15, -0.1) is 0 Å². The van der Waals surface area contributed by atoms with Gasteiger partial charge in [-0.3, -0.25) is 10.1 Å². The van der Waals surface area contributed by atoms with Gasteiger partial charge in [-0.2, -0.15) is 0 Å². The van der Waals surface area contributed by atoms with Gasteiger partial charge >= 0.3 is 6.09 Å². The normalized spacial score (nSPS) is 13.9. The summed E-state index contributed by atoms with van der Waals surface area (Å²) in [4.78, 5) is 24.6. The molecule has 1 aliphatic rings. The molecule has 7 nitrogen and oxygen atoms in total. The number of hydrogen-bond donors (Lipinski definition) is 2. The second-order valence-electron chi connectivity index (χ2n) is 7.81. The molecule has 0 unspecified atom stereocenters. The van der Waals surface area contributed by atoms with E-state index in [4.69, 9.17) is 14.2 Å². The molecule has 7 heteroatoms. The monoisotopic (exact) mass is 398 g/mol. The van der Waals surface area contributed by atoms with Gasteiger partial charge in [-0.25, -0.2) is 4.79 Å². The first-order valence-electron chi connectivity index (χ1n) is 9.52. The number of anilines is 1. The lowest BCUT2D eigenvalue weighted by Gasteiger charge is -2.21. The summed E-state index contributed by atoms with van der Waals surface area (Å²) in [5, 5.41) is 5.60. The highest BCUT2D eigenvalue weighted by atomic mass is 16.6. The number of ether oxygens (including phenoxy) is 3. The van der Waals surface area contributed by atoms with Crippen LogP contribution < -0.4 is 20.1 Å².